The van der Waals surface area contributed by atoms with Gasteiger partial charge in [0.2, 0.25) is 0 Å². The first-order valence-corrected chi connectivity index (χ1v) is 14.9. The van der Waals surface area contributed by atoms with E-state index in [0.29, 0.717) is 30.5 Å². The normalized spacial score (nSPS) is 22.5. The van der Waals surface area contributed by atoms with Crippen LogP contribution in [0.2, 0.25) is 0 Å². The van der Waals surface area contributed by atoms with Gasteiger partial charge in [-0.3, -0.25) is 9.80 Å². The molecule has 2 aliphatic heterocycles. The maximum absolute atomic E-state index is 6.47. The summed E-state index contributed by atoms with van der Waals surface area (Å²) in [5.41, 5.74) is 19.2. The van der Waals surface area contributed by atoms with Crippen molar-refractivity contribution in [2.24, 2.45) is 16.5 Å². The number of likely N-dealkylation sites (tertiary alicyclic amines) is 1. The van der Waals surface area contributed by atoms with Gasteiger partial charge < -0.3 is 21.7 Å². The molecule has 7 heteroatoms. The third-order valence-corrected chi connectivity index (χ3v) is 8.70. The number of nitrogens with one attached hydrogen (secondary N) is 1. The van der Waals surface area contributed by atoms with Gasteiger partial charge >= 0.3 is 0 Å². The second-order valence-electron chi connectivity index (χ2n) is 11.9. The lowest BCUT2D eigenvalue weighted by atomic mass is 9.97. The molecule has 1 unspecified atom stereocenters. The van der Waals surface area contributed by atoms with E-state index in [1.165, 1.54) is 42.4 Å². The molecule has 1 aliphatic carbocycles. The summed E-state index contributed by atoms with van der Waals surface area (Å²) in [6, 6.07) is 8.39. The van der Waals surface area contributed by atoms with Gasteiger partial charge in [0.15, 0.2) is 0 Å². The van der Waals surface area contributed by atoms with E-state index in [2.05, 4.69) is 65.2 Å². The molecule has 4 rings (SSSR count). The quantitative estimate of drug-likeness (QED) is 0.237. The van der Waals surface area contributed by atoms with Crippen LogP contribution < -0.4 is 16.8 Å². The third-order valence-electron chi connectivity index (χ3n) is 8.70. The summed E-state index contributed by atoms with van der Waals surface area (Å²) in [5, 5.41) is 3.45. The van der Waals surface area contributed by atoms with Crippen molar-refractivity contribution < 1.29 is 0 Å². The molecule has 1 aromatic rings. The van der Waals surface area contributed by atoms with Crippen LogP contribution in [0.3, 0.4) is 0 Å². The second kappa shape index (κ2) is 13.2. The summed E-state index contributed by atoms with van der Waals surface area (Å²) >= 11 is 0. The van der Waals surface area contributed by atoms with Crippen LogP contribution in [0.15, 0.2) is 59.0 Å². The maximum atomic E-state index is 6.47. The molecule has 0 aromatic heterocycles. The highest BCUT2D eigenvalue weighted by Gasteiger charge is 2.34. The largest absolute Gasteiger partial charge is 0.383 e. The van der Waals surface area contributed by atoms with Gasteiger partial charge in [-0.15, -0.1) is 0 Å². The Morgan fingerprint density at radius 2 is 1.77 bits per heavy atom. The molecule has 2 saturated heterocycles. The molecule has 5 N–H and O–H groups in total. The fraction of sp³-hybridized carbons (Fsp3) is 0.594. The van der Waals surface area contributed by atoms with Crippen LogP contribution in [0.5, 0.6) is 0 Å². The molecule has 39 heavy (non-hydrogen) atoms. The van der Waals surface area contributed by atoms with E-state index in [1.54, 1.807) is 0 Å². The van der Waals surface area contributed by atoms with Crippen molar-refractivity contribution in [2.45, 2.75) is 91.0 Å². The minimum atomic E-state index is 0.499. The molecular weight excluding hydrogens is 482 g/mol. The molecule has 1 saturated carbocycles. The van der Waals surface area contributed by atoms with Gasteiger partial charge in [-0.1, -0.05) is 43.8 Å². The minimum Gasteiger partial charge on any atom is -0.383 e. The van der Waals surface area contributed by atoms with Gasteiger partial charge in [0, 0.05) is 62.1 Å². The SMILES string of the molecule is C=C(C)/C(=N\C(N)=C(/C)C(=C)NC1CC1)N1CCN(C2CCN(Cc3ccc(C)cc3CN)CC2)C(CC)C1. The van der Waals surface area contributed by atoms with Crippen molar-refractivity contribution in [3.63, 3.8) is 0 Å². The van der Waals surface area contributed by atoms with Gasteiger partial charge in [0.05, 0.1) is 0 Å². The number of amidine groups is 1. The van der Waals surface area contributed by atoms with Crippen LogP contribution in [0.4, 0.5) is 0 Å². The van der Waals surface area contributed by atoms with E-state index in [9.17, 15) is 0 Å². The van der Waals surface area contributed by atoms with Crippen molar-refractivity contribution in [1.82, 2.24) is 20.0 Å². The molecule has 0 amide bonds. The maximum Gasteiger partial charge on any atom is 0.133 e. The van der Waals surface area contributed by atoms with Crippen molar-refractivity contribution in [3.05, 3.63) is 70.7 Å². The first kappa shape index (κ1) is 29.4. The van der Waals surface area contributed by atoms with E-state index in [-0.39, 0.29) is 0 Å². The van der Waals surface area contributed by atoms with Gasteiger partial charge in [0.25, 0.3) is 0 Å². The number of rotatable bonds is 10. The lowest BCUT2D eigenvalue weighted by molar-refractivity contribution is 0.0314. The van der Waals surface area contributed by atoms with Crippen LogP contribution in [0.1, 0.15) is 69.6 Å². The molecule has 7 nitrogen and oxygen atoms in total. The van der Waals surface area contributed by atoms with Crippen molar-refractivity contribution >= 4 is 5.84 Å². The van der Waals surface area contributed by atoms with E-state index in [1.807, 2.05) is 13.8 Å². The number of benzene rings is 1. The summed E-state index contributed by atoms with van der Waals surface area (Å²) in [4.78, 5) is 12.7. The summed E-state index contributed by atoms with van der Waals surface area (Å²) in [6.07, 6.45) is 5.96. The lowest BCUT2D eigenvalue weighted by Crippen LogP contribution is -2.59. The Bertz CT molecular complexity index is 1090. The molecule has 0 radical (unpaired) electrons. The highest BCUT2D eigenvalue weighted by atomic mass is 15.3. The number of aryl methyl sites for hydroxylation is 1. The standard InChI is InChI=1S/C32H51N7/c1-7-29-21-38(32(22(2)3)36-31(34)24(5)25(6)35-28-10-11-28)16-17-39(29)30-12-14-37(15-13-30)20-26-9-8-23(4)18-27(26)19-33/h8-9,18,28-30,35H,2,6-7,10-17,19-21,33-34H2,1,3-5H3/b31-24+,36-32+. The summed E-state index contributed by atoms with van der Waals surface area (Å²) in [7, 11) is 0. The third kappa shape index (κ3) is 7.53. The zero-order chi connectivity index (χ0) is 28.1. The number of aliphatic imine (C=N–C) groups is 1. The average molecular weight is 534 g/mol. The predicted molar refractivity (Wildman–Crippen MR) is 164 cm³/mol. The Morgan fingerprint density at radius 3 is 2.38 bits per heavy atom. The Morgan fingerprint density at radius 1 is 1.05 bits per heavy atom. The first-order chi connectivity index (χ1) is 18.7. The van der Waals surface area contributed by atoms with Crippen molar-refractivity contribution in [1.29, 1.82) is 0 Å². The van der Waals surface area contributed by atoms with E-state index in [0.717, 1.165) is 68.4 Å². The van der Waals surface area contributed by atoms with Crippen LogP contribution in [0, 0.1) is 6.92 Å². The molecule has 1 aromatic carbocycles. The Labute approximate surface area is 236 Å². The Balaban J connectivity index is 1.36. The van der Waals surface area contributed by atoms with Crippen LogP contribution >= 0.6 is 0 Å². The average Bonchev–Trinajstić information content (AvgIpc) is 3.76. The number of piperidine rings is 1. The highest BCUT2D eigenvalue weighted by Crippen LogP contribution is 2.26. The molecule has 3 fully saturated rings. The van der Waals surface area contributed by atoms with Gasteiger partial charge in [0.1, 0.15) is 11.7 Å². The first-order valence-electron chi connectivity index (χ1n) is 14.9. The number of allylic oxidation sites excluding steroid dienone is 1. The molecule has 1 atom stereocenters. The molecule has 2 heterocycles. The number of hydrogen-bond donors (Lipinski definition) is 3. The van der Waals surface area contributed by atoms with E-state index in [4.69, 9.17) is 16.5 Å². The Kier molecular flexibility index (Phi) is 9.91. The van der Waals surface area contributed by atoms with Crippen molar-refractivity contribution in [2.75, 3.05) is 32.7 Å². The molecule has 3 aliphatic rings. The van der Waals surface area contributed by atoms with E-state index < -0.39 is 0 Å². The molecule has 214 valence electrons. The zero-order valence-corrected chi connectivity index (χ0v) is 24.8. The molecule has 0 bridgehead atoms. The number of hydrogen-bond acceptors (Lipinski definition) is 6. The molecule has 0 spiro atoms. The van der Waals surface area contributed by atoms with Gasteiger partial charge in [-0.05, 0) is 82.7 Å². The van der Waals surface area contributed by atoms with Crippen LogP contribution in [-0.2, 0) is 13.1 Å². The summed E-state index contributed by atoms with van der Waals surface area (Å²) in [5.74, 6) is 1.44. The minimum absolute atomic E-state index is 0.499. The van der Waals surface area contributed by atoms with Crippen LogP contribution in [-0.4, -0.2) is 71.4 Å². The van der Waals surface area contributed by atoms with Crippen molar-refractivity contribution in [3.8, 4) is 0 Å². The topological polar surface area (TPSA) is 86.2 Å². The summed E-state index contributed by atoms with van der Waals surface area (Å²) in [6.45, 7) is 23.7. The van der Waals surface area contributed by atoms with Gasteiger partial charge in [-0.25, -0.2) is 4.99 Å². The van der Waals surface area contributed by atoms with E-state index >= 15 is 0 Å². The second-order valence-corrected chi connectivity index (χ2v) is 11.9. The number of nitrogens with zero attached hydrogens (tertiary/aromatic N) is 4. The summed E-state index contributed by atoms with van der Waals surface area (Å²) < 4.78 is 0. The predicted octanol–water partition coefficient (Wildman–Crippen LogP) is 4.24. The number of nitrogens with two attached hydrogens (primary N) is 2. The smallest absolute Gasteiger partial charge is 0.133 e. The fourth-order valence-electron chi connectivity index (χ4n) is 6.03. The highest BCUT2D eigenvalue weighted by molar-refractivity contribution is 5.98. The van der Waals surface area contributed by atoms with Crippen LogP contribution in [0.25, 0.3) is 0 Å². The fourth-order valence-corrected chi connectivity index (χ4v) is 6.03. The number of piperazine rings is 1. The zero-order valence-electron chi connectivity index (χ0n) is 24.8. The Hall–Kier alpha value is -2.61. The van der Waals surface area contributed by atoms with Gasteiger partial charge in [-0.2, -0.15) is 0 Å². The monoisotopic (exact) mass is 533 g/mol. The molecular formula is C32H51N7. The lowest BCUT2D eigenvalue weighted by Gasteiger charge is -2.48.